The lowest BCUT2D eigenvalue weighted by atomic mass is 10.1. The van der Waals surface area contributed by atoms with E-state index in [1.54, 1.807) is 18.3 Å². The average Bonchev–Trinajstić information content (AvgIpc) is 3.01. The molecule has 0 atom stereocenters. The molecule has 24 heavy (non-hydrogen) atoms. The van der Waals surface area contributed by atoms with Crippen LogP contribution in [0, 0.1) is 0 Å². The Labute approximate surface area is 148 Å². The summed E-state index contributed by atoms with van der Waals surface area (Å²) in [7, 11) is 0. The van der Waals surface area contributed by atoms with E-state index in [9.17, 15) is 4.79 Å². The zero-order chi connectivity index (χ0) is 16.8. The van der Waals surface area contributed by atoms with Gasteiger partial charge in [-0.05, 0) is 39.2 Å². The van der Waals surface area contributed by atoms with Gasteiger partial charge in [-0.1, -0.05) is 42.5 Å². The Morgan fingerprint density at radius 2 is 1.83 bits per heavy atom. The van der Waals surface area contributed by atoms with Crippen molar-refractivity contribution in [1.29, 1.82) is 0 Å². The molecule has 0 aliphatic rings. The van der Waals surface area contributed by atoms with Gasteiger partial charge in [0.15, 0.2) is 0 Å². The minimum Gasteiger partial charge on any atom is -0.269 e. The lowest BCUT2D eigenvalue weighted by Gasteiger charge is -2.07. The van der Waals surface area contributed by atoms with E-state index in [4.69, 9.17) is 4.84 Å². The van der Waals surface area contributed by atoms with Crippen molar-refractivity contribution in [3.05, 3.63) is 88.2 Å². The molecule has 1 amide bonds. The maximum Gasteiger partial charge on any atom is 0.274 e. The van der Waals surface area contributed by atoms with E-state index in [-0.39, 0.29) is 5.91 Å². The monoisotopic (exact) mass is 385 g/mol. The summed E-state index contributed by atoms with van der Waals surface area (Å²) in [6.45, 7) is 0.983. The fourth-order valence-corrected chi connectivity index (χ4v) is 2.52. The number of halogens is 1. The van der Waals surface area contributed by atoms with Crippen molar-refractivity contribution in [3.8, 4) is 0 Å². The van der Waals surface area contributed by atoms with Crippen LogP contribution < -0.4 is 5.48 Å². The number of benzene rings is 2. The minimum atomic E-state index is -0.265. The molecule has 0 bridgehead atoms. The number of aromatic nitrogens is 2. The second-order valence-electron chi connectivity index (χ2n) is 5.26. The van der Waals surface area contributed by atoms with Crippen LogP contribution in [-0.4, -0.2) is 15.7 Å². The highest BCUT2D eigenvalue weighted by molar-refractivity contribution is 9.10. The predicted octanol–water partition coefficient (Wildman–Crippen LogP) is 3.56. The van der Waals surface area contributed by atoms with Crippen LogP contribution >= 0.6 is 15.9 Å². The first-order chi connectivity index (χ1) is 11.7. The third-order valence-corrected chi connectivity index (χ3v) is 3.82. The van der Waals surface area contributed by atoms with E-state index >= 15 is 0 Å². The molecule has 2 aromatic carbocycles. The normalized spacial score (nSPS) is 10.5. The average molecular weight is 386 g/mol. The first-order valence-corrected chi connectivity index (χ1v) is 8.23. The van der Waals surface area contributed by atoms with E-state index < -0.39 is 0 Å². The number of hydrogen-bond donors (Lipinski definition) is 1. The molecule has 1 heterocycles. The highest BCUT2D eigenvalue weighted by Gasteiger charge is 2.06. The summed E-state index contributed by atoms with van der Waals surface area (Å²) in [6, 6.07) is 17.0. The highest BCUT2D eigenvalue weighted by Crippen LogP contribution is 2.10. The maximum atomic E-state index is 12.0. The van der Waals surface area contributed by atoms with Crippen molar-refractivity contribution in [3.63, 3.8) is 0 Å². The zero-order valence-electron chi connectivity index (χ0n) is 12.9. The van der Waals surface area contributed by atoms with E-state index in [0.29, 0.717) is 18.7 Å². The van der Waals surface area contributed by atoms with Gasteiger partial charge in [-0.15, -0.1) is 0 Å². The standard InChI is InChI=1S/C18H16BrN3O2/c19-17-10-20-22(12-17)11-14-6-8-16(9-7-14)18(23)21-24-13-15-4-2-1-3-5-15/h1-10,12H,11,13H2,(H,21,23). The Kier molecular flexibility index (Phi) is 5.40. The van der Waals surface area contributed by atoms with Crippen molar-refractivity contribution in [2.24, 2.45) is 0 Å². The Bertz CT molecular complexity index is 801. The lowest BCUT2D eigenvalue weighted by molar-refractivity contribution is 0.0233. The van der Waals surface area contributed by atoms with Crippen LogP contribution in [0.3, 0.4) is 0 Å². The van der Waals surface area contributed by atoms with Crippen LogP contribution in [0.5, 0.6) is 0 Å². The zero-order valence-corrected chi connectivity index (χ0v) is 14.4. The molecule has 3 rings (SSSR count). The maximum absolute atomic E-state index is 12.0. The van der Waals surface area contributed by atoms with E-state index in [1.807, 2.05) is 53.3 Å². The summed E-state index contributed by atoms with van der Waals surface area (Å²) in [5.41, 5.74) is 5.07. The molecule has 0 saturated carbocycles. The van der Waals surface area contributed by atoms with Gasteiger partial charge in [-0.3, -0.25) is 14.3 Å². The number of carbonyl (C=O) groups is 1. The van der Waals surface area contributed by atoms with Crippen LogP contribution in [0.1, 0.15) is 21.5 Å². The second-order valence-corrected chi connectivity index (χ2v) is 6.17. The van der Waals surface area contributed by atoms with Gasteiger partial charge >= 0.3 is 0 Å². The number of hydroxylamine groups is 1. The number of nitrogens with zero attached hydrogens (tertiary/aromatic N) is 2. The smallest absolute Gasteiger partial charge is 0.269 e. The molecule has 0 aliphatic carbocycles. The quantitative estimate of drug-likeness (QED) is 0.660. The topological polar surface area (TPSA) is 56.1 Å². The molecule has 0 spiro atoms. The fraction of sp³-hybridized carbons (Fsp3) is 0.111. The Hall–Kier alpha value is -2.44. The highest BCUT2D eigenvalue weighted by atomic mass is 79.9. The van der Waals surface area contributed by atoms with Crippen molar-refractivity contribution >= 4 is 21.8 Å². The number of nitrogens with one attached hydrogen (secondary N) is 1. The molecular weight excluding hydrogens is 370 g/mol. The second kappa shape index (κ2) is 7.90. The van der Waals surface area contributed by atoms with Gasteiger partial charge in [0, 0.05) is 11.8 Å². The molecule has 6 heteroatoms. The molecule has 3 aromatic rings. The van der Waals surface area contributed by atoms with E-state index in [2.05, 4.69) is 26.5 Å². The Morgan fingerprint density at radius 3 is 2.50 bits per heavy atom. The minimum absolute atomic E-state index is 0.265. The van der Waals surface area contributed by atoms with Crippen LogP contribution in [0.4, 0.5) is 0 Å². The molecule has 0 saturated heterocycles. The molecule has 0 fully saturated rings. The Balaban J connectivity index is 1.52. The Morgan fingerprint density at radius 1 is 1.08 bits per heavy atom. The number of rotatable bonds is 6. The van der Waals surface area contributed by atoms with Gasteiger partial charge in [0.1, 0.15) is 0 Å². The van der Waals surface area contributed by atoms with E-state index in [1.165, 1.54) is 0 Å². The first-order valence-electron chi connectivity index (χ1n) is 7.44. The molecule has 1 N–H and O–H groups in total. The van der Waals surface area contributed by atoms with Gasteiger partial charge in [-0.2, -0.15) is 5.10 Å². The first kappa shape index (κ1) is 16.4. The third kappa shape index (κ3) is 4.53. The largest absolute Gasteiger partial charge is 0.274 e. The van der Waals surface area contributed by atoms with Gasteiger partial charge in [-0.25, -0.2) is 5.48 Å². The van der Waals surface area contributed by atoms with Gasteiger partial charge in [0.05, 0.1) is 23.8 Å². The van der Waals surface area contributed by atoms with Crippen LogP contribution in [0.2, 0.25) is 0 Å². The molecule has 1 aromatic heterocycles. The molecule has 0 aliphatic heterocycles. The fourth-order valence-electron chi connectivity index (χ4n) is 2.19. The summed E-state index contributed by atoms with van der Waals surface area (Å²) in [4.78, 5) is 17.3. The summed E-state index contributed by atoms with van der Waals surface area (Å²) >= 11 is 3.37. The van der Waals surface area contributed by atoms with Crippen molar-refractivity contribution in [2.75, 3.05) is 0 Å². The molecular formula is C18H16BrN3O2. The summed E-state index contributed by atoms with van der Waals surface area (Å²) in [5, 5.41) is 4.21. The van der Waals surface area contributed by atoms with Gasteiger partial charge < -0.3 is 0 Å². The number of hydrogen-bond acceptors (Lipinski definition) is 3. The SMILES string of the molecule is O=C(NOCc1ccccc1)c1ccc(Cn2cc(Br)cn2)cc1. The van der Waals surface area contributed by atoms with Crippen LogP contribution in [0.25, 0.3) is 0 Å². The van der Waals surface area contributed by atoms with Gasteiger partial charge in [0.25, 0.3) is 5.91 Å². The van der Waals surface area contributed by atoms with Crippen molar-refractivity contribution in [2.45, 2.75) is 13.2 Å². The van der Waals surface area contributed by atoms with Gasteiger partial charge in [0.2, 0.25) is 0 Å². The number of amides is 1. The molecule has 122 valence electrons. The predicted molar refractivity (Wildman–Crippen MR) is 94.2 cm³/mol. The molecule has 5 nitrogen and oxygen atoms in total. The summed E-state index contributed by atoms with van der Waals surface area (Å²) in [5.74, 6) is -0.265. The molecule has 0 unspecified atom stereocenters. The molecule has 0 radical (unpaired) electrons. The van der Waals surface area contributed by atoms with Crippen LogP contribution in [-0.2, 0) is 18.0 Å². The van der Waals surface area contributed by atoms with E-state index in [0.717, 1.165) is 15.6 Å². The summed E-state index contributed by atoms with van der Waals surface area (Å²) < 4.78 is 2.76. The van der Waals surface area contributed by atoms with Crippen LogP contribution in [0.15, 0.2) is 71.5 Å². The van der Waals surface area contributed by atoms with Crippen molar-refractivity contribution < 1.29 is 9.63 Å². The summed E-state index contributed by atoms with van der Waals surface area (Å²) in [6.07, 6.45) is 3.64. The van der Waals surface area contributed by atoms with Crippen molar-refractivity contribution in [1.82, 2.24) is 15.3 Å². The number of carbonyl (C=O) groups excluding carboxylic acids is 1. The third-order valence-electron chi connectivity index (χ3n) is 3.41. The lowest BCUT2D eigenvalue weighted by Crippen LogP contribution is -2.23.